The van der Waals surface area contributed by atoms with Gasteiger partial charge in [0.2, 0.25) is 0 Å². The summed E-state index contributed by atoms with van der Waals surface area (Å²) in [4.78, 5) is 15.3. The fraction of sp³-hybridized carbons (Fsp3) is 0.250. The minimum absolute atomic E-state index is 0.0872. The Bertz CT molecular complexity index is 882. The van der Waals surface area contributed by atoms with Crippen molar-refractivity contribution in [1.29, 1.82) is 0 Å². The Labute approximate surface area is 169 Å². The zero-order chi connectivity index (χ0) is 22.0. The number of urea groups is 1. The summed E-state index contributed by atoms with van der Waals surface area (Å²) in [6.07, 6.45) is -12.4. The third kappa shape index (κ3) is 6.12. The minimum Gasteiger partial charge on any atom is -0.379 e. The lowest BCUT2D eigenvalue weighted by atomic mass is 10.1. The van der Waals surface area contributed by atoms with Crippen LogP contribution in [0.4, 0.5) is 36.8 Å². The van der Waals surface area contributed by atoms with Crippen molar-refractivity contribution < 1.29 is 36.2 Å². The second kappa shape index (κ2) is 8.64. The van der Waals surface area contributed by atoms with Gasteiger partial charge in [-0.1, -0.05) is 29.3 Å². The molecular weight excluding hydrogens is 451 g/mol. The number of hydrogen-bond donors (Lipinski definition) is 3. The van der Waals surface area contributed by atoms with E-state index in [-0.39, 0.29) is 28.0 Å². The zero-order valence-electron chi connectivity index (χ0n) is 14.0. The summed E-state index contributed by atoms with van der Waals surface area (Å²) in [6, 6.07) is 3.73. The predicted molar refractivity (Wildman–Crippen MR) is 92.6 cm³/mol. The van der Waals surface area contributed by atoms with Crippen molar-refractivity contribution in [1.82, 2.24) is 10.3 Å². The number of benzene rings is 1. The Morgan fingerprint density at radius 1 is 1.10 bits per heavy atom. The molecule has 3 N–H and O–H groups in total. The van der Waals surface area contributed by atoms with E-state index in [0.29, 0.717) is 0 Å². The molecule has 0 radical (unpaired) electrons. The molecule has 2 rings (SSSR count). The number of nitrogens with one attached hydrogen (secondary N) is 2. The van der Waals surface area contributed by atoms with Crippen molar-refractivity contribution >= 4 is 34.9 Å². The van der Waals surface area contributed by atoms with Crippen LogP contribution < -0.4 is 10.6 Å². The van der Waals surface area contributed by atoms with E-state index in [1.807, 2.05) is 0 Å². The van der Waals surface area contributed by atoms with Gasteiger partial charge in [-0.25, -0.2) is 9.78 Å². The van der Waals surface area contributed by atoms with Gasteiger partial charge in [0.05, 0.1) is 28.0 Å². The van der Waals surface area contributed by atoms with Crippen LogP contribution in [0.3, 0.4) is 0 Å². The lowest BCUT2D eigenvalue weighted by Crippen LogP contribution is -2.29. The Kier molecular flexibility index (Phi) is 6.86. The first-order chi connectivity index (χ1) is 13.3. The first-order valence-corrected chi connectivity index (χ1v) is 8.36. The van der Waals surface area contributed by atoms with Gasteiger partial charge in [0.15, 0.2) is 6.10 Å². The first-order valence-electron chi connectivity index (χ1n) is 7.60. The van der Waals surface area contributed by atoms with Crippen LogP contribution in [0.1, 0.15) is 23.1 Å². The molecule has 5 nitrogen and oxygen atoms in total. The average molecular weight is 462 g/mol. The third-order valence-corrected chi connectivity index (χ3v) is 4.05. The topological polar surface area (TPSA) is 74.2 Å². The van der Waals surface area contributed by atoms with E-state index in [1.165, 1.54) is 6.07 Å². The molecule has 0 spiro atoms. The van der Waals surface area contributed by atoms with Crippen molar-refractivity contribution in [3.63, 3.8) is 0 Å². The van der Waals surface area contributed by atoms with Crippen LogP contribution in [-0.2, 0) is 12.7 Å². The Morgan fingerprint density at radius 2 is 1.69 bits per heavy atom. The van der Waals surface area contributed by atoms with Crippen molar-refractivity contribution in [3.8, 4) is 0 Å². The van der Waals surface area contributed by atoms with Gasteiger partial charge in [0, 0.05) is 0 Å². The number of carbonyl (C=O) groups excluding carboxylic acids is 1. The highest BCUT2D eigenvalue weighted by Crippen LogP contribution is 2.38. The maximum absolute atomic E-state index is 12.6. The smallest absolute Gasteiger partial charge is 0.379 e. The van der Waals surface area contributed by atoms with Crippen LogP contribution in [0.2, 0.25) is 10.0 Å². The molecule has 13 heteroatoms. The van der Waals surface area contributed by atoms with Gasteiger partial charge in [-0.2, -0.15) is 26.3 Å². The number of nitrogens with zero attached hydrogens (tertiary/aromatic N) is 1. The highest BCUT2D eigenvalue weighted by atomic mass is 35.5. The quantitative estimate of drug-likeness (QED) is 0.539. The standard InChI is InChI=1S/C16H11Cl2F6N3O2/c17-9-4-7(13(28)16(22,23)24)5-10(18)12(9)27-14(29)25-6-8-2-1-3-11(26-8)15(19,20)21/h1-5,13,28H,6H2,(H2,25,27,29)/t13-/m0/s1. The van der Waals surface area contributed by atoms with Gasteiger partial charge in [-0.05, 0) is 29.8 Å². The van der Waals surface area contributed by atoms with Crippen LogP contribution in [0, 0.1) is 0 Å². The van der Waals surface area contributed by atoms with Crippen molar-refractivity contribution in [2.75, 3.05) is 5.32 Å². The fourth-order valence-corrected chi connectivity index (χ4v) is 2.72. The summed E-state index contributed by atoms with van der Waals surface area (Å²) in [6.45, 7) is -0.379. The number of aliphatic hydroxyl groups excluding tert-OH is 1. The number of anilines is 1. The summed E-state index contributed by atoms with van der Waals surface area (Å²) >= 11 is 11.6. The normalized spacial score (nSPS) is 13.1. The SMILES string of the molecule is O=C(NCc1cccc(C(F)(F)F)n1)Nc1c(Cl)cc([C@H](O)C(F)(F)F)cc1Cl. The maximum Gasteiger partial charge on any atom is 0.433 e. The van der Waals surface area contributed by atoms with Crippen LogP contribution in [0.25, 0.3) is 0 Å². The van der Waals surface area contributed by atoms with Gasteiger partial charge in [-0.3, -0.25) is 0 Å². The molecule has 1 aromatic carbocycles. The van der Waals surface area contributed by atoms with Gasteiger partial charge in [0.1, 0.15) is 5.69 Å². The summed E-state index contributed by atoms with van der Waals surface area (Å²) in [5.74, 6) is 0. The fourth-order valence-electron chi connectivity index (χ4n) is 2.12. The molecule has 0 saturated carbocycles. The van der Waals surface area contributed by atoms with E-state index >= 15 is 0 Å². The highest BCUT2D eigenvalue weighted by Gasteiger charge is 2.40. The molecule has 2 amide bonds. The molecule has 1 heterocycles. The predicted octanol–water partition coefficient (Wildman–Crippen LogP) is 5.32. The molecule has 0 aliphatic carbocycles. The minimum atomic E-state index is -4.95. The van der Waals surface area contributed by atoms with E-state index in [4.69, 9.17) is 23.2 Å². The van der Waals surface area contributed by atoms with E-state index in [0.717, 1.165) is 24.3 Å². The lowest BCUT2D eigenvalue weighted by molar-refractivity contribution is -0.206. The maximum atomic E-state index is 12.6. The van der Waals surface area contributed by atoms with Gasteiger partial charge in [0.25, 0.3) is 0 Å². The molecule has 0 saturated heterocycles. The lowest BCUT2D eigenvalue weighted by Gasteiger charge is -2.17. The molecule has 0 bridgehead atoms. The number of alkyl halides is 6. The van der Waals surface area contributed by atoms with Gasteiger partial charge in [-0.15, -0.1) is 0 Å². The third-order valence-electron chi connectivity index (χ3n) is 3.46. The van der Waals surface area contributed by atoms with Crippen molar-refractivity contribution in [2.45, 2.75) is 25.0 Å². The molecule has 1 atom stereocenters. The number of hydrogen-bond acceptors (Lipinski definition) is 3. The van der Waals surface area contributed by atoms with Crippen LogP contribution in [-0.4, -0.2) is 22.3 Å². The molecule has 1 aromatic heterocycles. The van der Waals surface area contributed by atoms with E-state index < -0.39 is 35.7 Å². The number of amides is 2. The molecule has 158 valence electrons. The molecular formula is C16H11Cl2F6N3O2. The monoisotopic (exact) mass is 461 g/mol. The van der Waals surface area contributed by atoms with Gasteiger partial charge >= 0.3 is 18.4 Å². The molecule has 29 heavy (non-hydrogen) atoms. The first kappa shape index (κ1) is 23.0. The molecule has 0 aliphatic heterocycles. The molecule has 0 fully saturated rings. The molecule has 2 aromatic rings. The van der Waals surface area contributed by atoms with E-state index in [2.05, 4.69) is 15.6 Å². The van der Waals surface area contributed by atoms with Gasteiger partial charge < -0.3 is 15.7 Å². The van der Waals surface area contributed by atoms with Crippen molar-refractivity contribution in [3.05, 3.63) is 57.3 Å². The number of pyridine rings is 1. The number of carbonyl (C=O) groups is 1. The van der Waals surface area contributed by atoms with Crippen LogP contribution in [0.15, 0.2) is 30.3 Å². The van der Waals surface area contributed by atoms with Crippen molar-refractivity contribution in [2.24, 2.45) is 0 Å². The second-order valence-electron chi connectivity index (χ2n) is 5.62. The average Bonchev–Trinajstić information content (AvgIpc) is 2.61. The number of aliphatic hydroxyl groups is 1. The Balaban J connectivity index is 2.08. The molecule has 0 unspecified atom stereocenters. The van der Waals surface area contributed by atoms with Crippen LogP contribution in [0.5, 0.6) is 0 Å². The summed E-state index contributed by atoms with van der Waals surface area (Å²) < 4.78 is 75.6. The second-order valence-corrected chi connectivity index (χ2v) is 6.44. The van der Waals surface area contributed by atoms with E-state index in [1.54, 1.807) is 0 Å². The molecule has 0 aliphatic rings. The summed E-state index contributed by atoms with van der Waals surface area (Å²) in [7, 11) is 0. The number of halogens is 8. The summed E-state index contributed by atoms with van der Waals surface area (Å²) in [5, 5.41) is 12.9. The van der Waals surface area contributed by atoms with Crippen LogP contribution >= 0.6 is 23.2 Å². The highest BCUT2D eigenvalue weighted by molar-refractivity contribution is 6.39. The zero-order valence-corrected chi connectivity index (χ0v) is 15.5. The number of rotatable bonds is 4. The largest absolute Gasteiger partial charge is 0.433 e. The Morgan fingerprint density at radius 3 is 2.21 bits per heavy atom. The van der Waals surface area contributed by atoms with E-state index in [9.17, 15) is 36.2 Å². The number of aromatic nitrogens is 1. The Hall–Kier alpha value is -2.24. The summed E-state index contributed by atoms with van der Waals surface area (Å²) in [5.41, 5.74) is -2.11.